The lowest BCUT2D eigenvalue weighted by atomic mass is 9.75. The first-order valence-corrected chi connectivity index (χ1v) is 7.75. The topological polar surface area (TPSA) is 9.23 Å². The van der Waals surface area contributed by atoms with Crippen LogP contribution in [0.5, 0.6) is 0 Å². The molecule has 1 aromatic carbocycles. The van der Waals surface area contributed by atoms with Crippen LogP contribution in [0.25, 0.3) is 5.57 Å². The zero-order valence-electron chi connectivity index (χ0n) is 11.8. The Hall–Kier alpha value is -0.863. The lowest BCUT2D eigenvalue weighted by Crippen LogP contribution is -2.15. The standard InChI is InChI=1S/C15H18.CH6OSi/c1-2-15-9-8-12(11-15)10-14(15)13-6-4-3-5-7-13;1-2-3/h3-7,10,12H,2,8-9,11H2,1H3;1,3H3. The highest BCUT2D eigenvalue weighted by atomic mass is 28.2. The fourth-order valence-corrected chi connectivity index (χ4v) is 3.50. The molecule has 98 valence electrons. The van der Waals surface area contributed by atoms with Gasteiger partial charge in [0.05, 0.1) is 0 Å². The Morgan fingerprint density at radius 3 is 2.56 bits per heavy atom. The summed E-state index contributed by atoms with van der Waals surface area (Å²) >= 11 is 0. The summed E-state index contributed by atoms with van der Waals surface area (Å²) in [5.41, 5.74) is 3.63. The highest BCUT2D eigenvalue weighted by Crippen LogP contribution is 2.59. The van der Waals surface area contributed by atoms with Crippen molar-refractivity contribution in [3.05, 3.63) is 42.0 Å². The maximum Gasteiger partial charge on any atom is 0.145 e. The summed E-state index contributed by atoms with van der Waals surface area (Å²) in [6.07, 6.45) is 8.10. The lowest BCUT2D eigenvalue weighted by Gasteiger charge is -2.29. The van der Waals surface area contributed by atoms with Crippen molar-refractivity contribution >= 4 is 16.1 Å². The van der Waals surface area contributed by atoms with Gasteiger partial charge in [0.25, 0.3) is 0 Å². The van der Waals surface area contributed by atoms with E-state index < -0.39 is 0 Å². The largest absolute Gasteiger partial charge is 0.431 e. The van der Waals surface area contributed by atoms with E-state index in [0.29, 0.717) is 5.41 Å². The Balaban J connectivity index is 0.000000367. The van der Waals surface area contributed by atoms with Gasteiger partial charge in [0, 0.05) is 7.11 Å². The molecule has 2 aliphatic rings. The van der Waals surface area contributed by atoms with E-state index >= 15 is 0 Å². The van der Waals surface area contributed by atoms with Gasteiger partial charge >= 0.3 is 0 Å². The molecular weight excluding hydrogens is 236 g/mol. The number of rotatable bonds is 2. The molecule has 2 atom stereocenters. The molecule has 1 saturated carbocycles. The second-order valence-electron chi connectivity index (χ2n) is 5.49. The van der Waals surface area contributed by atoms with E-state index in [1.807, 2.05) is 0 Å². The molecule has 0 radical (unpaired) electrons. The monoisotopic (exact) mass is 260 g/mol. The number of hydrogen-bond donors (Lipinski definition) is 0. The maximum atomic E-state index is 4.39. The molecule has 0 heterocycles. The molecule has 1 nitrogen and oxygen atoms in total. The van der Waals surface area contributed by atoms with Crippen molar-refractivity contribution in [2.24, 2.45) is 11.3 Å². The zero-order chi connectivity index (χ0) is 13.0. The van der Waals surface area contributed by atoms with Gasteiger partial charge in [-0.1, -0.05) is 43.3 Å². The van der Waals surface area contributed by atoms with Gasteiger partial charge < -0.3 is 4.43 Å². The van der Waals surface area contributed by atoms with E-state index in [1.165, 1.54) is 31.2 Å². The van der Waals surface area contributed by atoms with Crippen LogP contribution in [0.4, 0.5) is 0 Å². The fourth-order valence-electron chi connectivity index (χ4n) is 3.50. The van der Waals surface area contributed by atoms with Crippen LogP contribution in [0.15, 0.2) is 36.4 Å². The minimum atomic E-state index is 0.534. The second kappa shape index (κ2) is 5.85. The van der Waals surface area contributed by atoms with Gasteiger partial charge in [-0.15, -0.1) is 0 Å². The van der Waals surface area contributed by atoms with Gasteiger partial charge in [-0.25, -0.2) is 0 Å². The molecule has 0 saturated heterocycles. The number of hydrogen-bond acceptors (Lipinski definition) is 1. The molecule has 0 amide bonds. The van der Waals surface area contributed by atoms with Crippen molar-refractivity contribution in [3.8, 4) is 0 Å². The lowest BCUT2D eigenvalue weighted by molar-refractivity contribution is 0.405. The van der Waals surface area contributed by atoms with Crippen LogP contribution in [0.1, 0.15) is 38.2 Å². The van der Waals surface area contributed by atoms with Crippen LogP contribution >= 0.6 is 0 Å². The molecule has 2 heteroatoms. The van der Waals surface area contributed by atoms with Crippen molar-refractivity contribution in [3.63, 3.8) is 0 Å². The quantitative estimate of drug-likeness (QED) is 0.742. The van der Waals surface area contributed by atoms with Crippen LogP contribution in [0.3, 0.4) is 0 Å². The third-order valence-corrected chi connectivity index (χ3v) is 4.38. The molecular formula is C16H24OSi. The van der Waals surface area contributed by atoms with Crippen LogP contribution < -0.4 is 0 Å². The Labute approximate surface area is 114 Å². The minimum absolute atomic E-state index is 0.534. The maximum absolute atomic E-state index is 4.39. The van der Waals surface area contributed by atoms with Gasteiger partial charge in [-0.3, -0.25) is 0 Å². The summed E-state index contributed by atoms with van der Waals surface area (Å²) < 4.78 is 4.39. The predicted molar refractivity (Wildman–Crippen MR) is 81.4 cm³/mol. The average Bonchev–Trinajstić information content (AvgIpc) is 2.99. The highest BCUT2D eigenvalue weighted by Gasteiger charge is 2.45. The molecule has 3 rings (SSSR count). The SMILES string of the molecule is CCC12CCC(C=C1c1ccccc1)C2.CO[SiH3]. The van der Waals surface area contributed by atoms with Crippen LogP contribution in [-0.4, -0.2) is 17.6 Å². The highest BCUT2D eigenvalue weighted by molar-refractivity contribution is 5.97. The molecule has 18 heavy (non-hydrogen) atoms. The molecule has 1 fully saturated rings. The third-order valence-electron chi connectivity index (χ3n) is 4.38. The summed E-state index contributed by atoms with van der Waals surface area (Å²) in [5, 5.41) is 0. The summed E-state index contributed by atoms with van der Waals surface area (Å²) in [7, 11) is 2.56. The molecule has 2 bridgehead atoms. The molecule has 0 aliphatic heterocycles. The Kier molecular flexibility index (Phi) is 4.41. The Morgan fingerprint density at radius 2 is 2.00 bits per heavy atom. The van der Waals surface area contributed by atoms with Crippen molar-refractivity contribution in [2.75, 3.05) is 7.11 Å². The number of allylic oxidation sites excluding steroid dienone is 2. The van der Waals surface area contributed by atoms with Gasteiger partial charge in [-0.05, 0) is 48.2 Å². The fraction of sp³-hybridized carbons (Fsp3) is 0.500. The van der Waals surface area contributed by atoms with Gasteiger partial charge in [0.2, 0.25) is 0 Å². The zero-order valence-corrected chi connectivity index (χ0v) is 13.8. The Bertz CT molecular complexity index is 412. The predicted octanol–water partition coefficient (Wildman–Crippen LogP) is 3.19. The second-order valence-corrected chi connectivity index (χ2v) is 6.31. The van der Waals surface area contributed by atoms with E-state index in [-0.39, 0.29) is 0 Å². The van der Waals surface area contributed by atoms with Crippen molar-refractivity contribution in [1.82, 2.24) is 0 Å². The molecule has 0 N–H and O–H groups in total. The van der Waals surface area contributed by atoms with Crippen LogP contribution in [0, 0.1) is 11.3 Å². The van der Waals surface area contributed by atoms with E-state index in [4.69, 9.17) is 0 Å². The van der Waals surface area contributed by atoms with Crippen molar-refractivity contribution in [1.29, 1.82) is 0 Å². The molecule has 2 unspecified atom stereocenters. The van der Waals surface area contributed by atoms with Crippen molar-refractivity contribution < 1.29 is 4.43 Å². The Morgan fingerprint density at radius 1 is 1.33 bits per heavy atom. The number of benzene rings is 1. The minimum Gasteiger partial charge on any atom is -0.431 e. The van der Waals surface area contributed by atoms with E-state index in [0.717, 1.165) is 16.4 Å². The molecule has 1 aromatic rings. The average molecular weight is 260 g/mol. The van der Waals surface area contributed by atoms with Crippen molar-refractivity contribution in [2.45, 2.75) is 32.6 Å². The first kappa shape index (κ1) is 13.6. The van der Waals surface area contributed by atoms with Gasteiger partial charge in [-0.2, -0.15) is 0 Å². The smallest absolute Gasteiger partial charge is 0.145 e. The van der Waals surface area contributed by atoms with E-state index in [2.05, 4.69) is 47.8 Å². The van der Waals surface area contributed by atoms with Crippen LogP contribution in [0.2, 0.25) is 0 Å². The van der Waals surface area contributed by atoms with E-state index in [9.17, 15) is 0 Å². The first-order chi connectivity index (χ1) is 8.75. The molecule has 0 aromatic heterocycles. The van der Waals surface area contributed by atoms with Gasteiger partial charge in [0.1, 0.15) is 10.5 Å². The normalized spacial score (nSPS) is 28.8. The summed E-state index contributed by atoms with van der Waals surface area (Å²) in [6.45, 7) is 2.35. The number of fused-ring (bicyclic) bond motifs is 2. The molecule has 2 aliphatic carbocycles. The summed E-state index contributed by atoms with van der Waals surface area (Å²) in [5.74, 6) is 0.875. The van der Waals surface area contributed by atoms with Gasteiger partial charge in [0.15, 0.2) is 0 Å². The summed E-state index contributed by atoms with van der Waals surface area (Å²) in [4.78, 5) is 0. The third kappa shape index (κ3) is 2.45. The molecule has 0 spiro atoms. The summed E-state index contributed by atoms with van der Waals surface area (Å²) in [6, 6.07) is 11.0. The van der Waals surface area contributed by atoms with E-state index in [1.54, 1.807) is 12.7 Å². The first-order valence-electron chi connectivity index (χ1n) is 6.93. The van der Waals surface area contributed by atoms with Crippen LogP contribution in [-0.2, 0) is 4.43 Å².